The molecule has 2 N–H and O–H groups in total. The summed E-state index contributed by atoms with van der Waals surface area (Å²) in [4.78, 5) is 21.5. The summed E-state index contributed by atoms with van der Waals surface area (Å²) >= 11 is 0. The van der Waals surface area contributed by atoms with E-state index in [1.54, 1.807) is 7.05 Å². The maximum Gasteiger partial charge on any atom is 0.413 e. The fraction of sp³-hybridized carbons (Fsp3) is 0.286. The minimum atomic E-state index is -1.09. The lowest BCUT2D eigenvalue weighted by Gasteiger charge is -2.11. The van der Waals surface area contributed by atoms with Gasteiger partial charge in [-0.2, -0.15) is 4.68 Å². The molecule has 1 atom stereocenters. The standard InChI is InChI=1S/C14H16N4O4/c1-9(14(19)20)15-12-11(8-10-6-4-3-5-7-10)17(2)16-13(12)18(21)22/h3-7,9,15H,8H2,1-2H3,(H,19,20)/t9-/m0/s1. The number of carboxylic acid groups (broad SMARTS) is 1. The Morgan fingerprint density at radius 2 is 2.09 bits per heavy atom. The van der Waals surface area contributed by atoms with Gasteiger partial charge in [0.1, 0.15) is 6.04 Å². The number of carbonyl (C=O) groups is 1. The van der Waals surface area contributed by atoms with E-state index in [-0.39, 0.29) is 11.5 Å². The van der Waals surface area contributed by atoms with Crippen molar-refractivity contribution >= 4 is 17.5 Å². The smallest absolute Gasteiger partial charge is 0.413 e. The number of nitrogens with zero attached hydrogens (tertiary/aromatic N) is 3. The van der Waals surface area contributed by atoms with Gasteiger partial charge in [-0.3, -0.25) is 4.79 Å². The molecule has 0 saturated heterocycles. The molecule has 1 aromatic carbocycles. The van der Waals surface area contributed by atoms with Crippen LogP contribution in [0.1, 0.15) is 18.2 Å². The number of carboxylic acids is 1. The SMILES string of the molecule is C[C@H](Nc1c([N+](=O)[O-])nn(C)c1Cc1ccccc1)C(=O)O. The van der Waals surface area contributed by atoms with Crippen LogP contribution in [0.5, 0.6) is 0 Å². The number of nitrogens with one attached hydrogen (secondary N) is 1. The van der Waals surface area contributed by atoms with Gasteiger partial charge >= 0.3 is 11.8 Å². The first-order chi connectivity index (χ1) is 10.4. The highest BCUT2D eigenvalue weighted by molar-refractivity contribution is 5.78. The number of hydrogen-bond donors (Lipinski definition) is 2. The highest BCUT2D eigenvalue weighted by Gasteiger charge is 2.28. The molecule has 8 heteroatoms. The molecular weight excluding hydrogens is 288 g/mol. The van der Waals surface area contributed by atoms with Crippen LogP contribution >= 0.6 is 0 Å². The molecule has 1 heterocycles. The number of anilines is 1. The summed E-state index contributed by atoms with van der Waals surface area (Å²) in [7, 11) is 1.60. The van der Waals surface area contributed by atoms with E-state index < -0.39 is 16.9 Å². The lowest BCUT2D eigenvalue weighted by molar-refractivity contribution is -0.388. The number of hydrogen-bond acceptors (Lipinski definition) is 5. The van der Waals surface area contributed by atoms with E-state index in [1.165, 1.54) is 11.6 Å². The lowest BCUT2D eigenvalue weighted by Crippen LogP contribution is -2.26. The molecule has 2 aromatic rings. The van der Waals surface area contributed by atoms with Crippen molar-refractivity contribution in [2.24, 2.45) is 7.05 Å². The molecule has 0 aliphatic rings. The molecule has 0 aliphatic heterocycles. The topological polar surface area (TPSA) is 110 Å². The zero-order valence-corrected chi connectivity index (χ0v) is 12.2. The van der Waals surface area contributed by atoms with Crippen molar-refractivity contribution in [1.82, 2.24) is 9.78 Å². The summed E-state index contributed by atoms with van der Waals surface area (Å²) in [5.41, 5.74) is 1.66. The number of aromatic nitrogens is 2. The first-order valence-electron chi connectivity index (χ1n) is 6.63. The first-order valence-corrected chi connectivity index (χ1v) is 6.63. The van der Waals surface area contributed by atoms with E-state index in [9.17, 15) is 14.9 Å². The second-order valence-electron chi connectivity index (χ2n) is 4.89. The van der Waals surface area contributed by atoms with Crippen molar-refractivity contribution in [2.75, 3.05) is 5.32 Å². The quantitative estimate of drug-likeness (QED) is 0.622. The molecule has 22 heavy (non-hydrogen) atoms. The maximum atomic E-state index is 11.1. The number of aliphatic carboxylic acids is 1. The fourth-order valence-electron chi connectivity index (χ4n) is 2.09. The Morgan fingerprint density at radius 1 is 1.45 bits per heavy atom. The largest absolute Gasteiger partial charge is 0.480 e. The molecule has 0 bridgehead atoms. The highest BCUT2D eigenvalue weighted by atomic mass is 16.6. The molecule has 8 nitrogen and oxygen atoms in total. The third-order valence-electron chi connectivity index (χ3n) is 3.27. The predicted molar refractivity (Wildman–Crippen MR) is 79.8 cm³/mol. The van der Waals surface area contributed by atoms with Gasteiger partial charge in [0.2, 0.25) is 0 Å². The number of benzene rings is 1. The van der Waals surface area contributed by atoms with Crippen LogP contribution in [-0.2, 0) is 18.3 Å². The monoisotopic (exact) mass is 304 g/mol. The van der Waals surface area contributed by atoms with Crippen LogP contribution in [0.4, 0.5) is 11.5 Å². The van der Waals surface area contributed by atoms with Gasteiger partial charge in [-0.25, -0.2) is 0 Å². The molecule has 0 spiro atoms. The fourth-order valence-corrected chi connectivity index (χ4v) is 2.09. The molecule has 0 aliphatic carbocycles. The molecule has 0 amide bonds. The van der Waals surface area contributed by atoms with E-state index in [0.29, 0.717) is 12.1 Å². The Hall–Kier alpha value is -2.90. The van der Waals surface area contributed by atoms with Crippen molar-refractivity contribution in [2.45, 2.75) is 19.4 Å². The van der Waals surface area contributed by atoms with Gasteiger partial charge in [-0.15, -0.1) is 0 Å². The van der Waals surface area contributed by atoms with Gasteiger partial charge in [0.05, 0.1) is 17.8 Å². The van der Waals surface area contributed by atoms with Crippen molar-refractivity contribution in [3.8, 4) is 0 Å². The first kappa shape index (κ1) is 15.5. The van der Waals surface area contributed by atoms with Crippen molar-refractivity contribution in [3.05, 3.63) is 51.7 Å². The average molecular weight is 304 g/mol. The Bertz CT molecular complexity index is 696. The summed E-state index contributed by atoms with van der Waals surface area (Å²) in [6, 6.07) is 8.44. The van der Waals surface area contributed by atoms with E-state index in [1.807, 2.05) is 30.3 Å². The van der Waals surface area contributed by atoms with Crippen LogP contribution in [0.2, 0.25) is 0 Å². The molecule has 2 rings (SSSR count). The van der Waals surface area contributed by atoms with Crippen LogP contribution in [0.15, 0.2) is 30.3 Å². The van der Waals surface area contributed by atoms with E-state index in [2.05, 4.69) is 10.4 Å². The molecule has 116 valence electrons. The van der Waals surface area contributed by atoms with Crippen LogP contribution in [0.25, 0.3) is 0 Å². The molecular formula is C14H16N4O4. The summed E-state index contributed by atoms with van der Waals surface area (Å²) in [6.07, 6.45) is 0.410. The van der Waals surface area contributed by atoms with Gasteiger partial charge < -0.3 is 20.5 Å². The molecule has 1 aromatic heterocycles. The Balaban J connectivity index is 2.43. The van der Waals surface area contributed by atoms with Crippen LogP contribution < -0.4 is 5.32 Å². The second kappa shape index (κ2) is 6.25. The Kier molecular flexibility index (Phi) is 4.40. The average Bonchev–Trinajstić information content (AvgIpc) is 2.77. The summed E-state index contributed by atoms with van der Waals surface area (Å²) in [6.45, 7) is 1.42. The highest BCUT2D eigenvalue weighted by Crippen LogP contribution is 2.29. The molecule has 0 radical (unpaired) electrons. The minimum absolute atomic E-state index is 0.145. The van der Waals surface area contributed by atoms with E-state index in [0.717, 1.165) is 5.56 Å². The van der Waals surface area contributed by atoms with Crippen LogP contribution in [0, 0.1) is 10.1 Å². The van der Waals surface area contributed by atoms with Gasteiger partial charge in [0.25, 0.3) is 0 Å². The van der Waals surface area contributed by atoms with Gasteiger partial charge in [-0.1, -0.05) is 30.3 Å². The van der Waals surface area contributed by atoms with E-state index >= 15 is 0 Å². The third kappa shape index (κ3) is 3.22. The molecule has 0 unspecified atom stereocenters. The number of rotatable bonds is 6. The zero-order valence-electron chi connectivity index (χ0n) is 12.2. The maximum absolute atomic E-state index is 11.1. The van der Waals surface area contributed by atoms with Crippen LogP contribution in [0.3, 0.4) is 0 Å². The van der Waals surface area contributed by atoms with Crippen molar-refractivity contribution in [3.63, 3.8) is 0 Å². The summed E-state index contributed by atoms with van der Waals surface area (Å²) < 4.78 is 1.40. The van der Waals surface area contributed by atoms with Crippen molar-refractivity contribution in [1.29, 1.82) is 0 Å². The minimum Gasteiger partial charge on any atom is -0.480 e. The van der Waals surface area contributed by atoms with Gasteiger partial charge in [0.15, 0.2) is 5.69 Å². The number of aryl methyl sites for hydroxylation is 1. The van der Waals surface area contributed by atoms with Gasteiger partial charge in [-0.05, 0) is 17.4 Å². The van der Waals surface area contributed by atoms with Crippen LogP contribution in [-0.4, -0.2) is 31.8 Å². The second-order valence-corrected chi connectivity index (χ2v) is 4.89. The third-order valence-corrected chi connectivity index (χ3v) is 3.27. The molecule has 0 saturated carbocycles. The molecule has 0 fully saturated rings. The number of nitro groups is 1. The Morgan fingerprint density at radius 3 is 2.64 bits per heavy atom. The predicted octanol–water partition coefficient (Wildman–Crippen LogP) is 1.80. The van der Waals surface area contributed by atoms with Gasteiger partial charge in [0, 0.05) is 6.42 Å². The normalized spacial score (nSPS) is 11.9. The lowest BCUT2D eigenvalue weighted by atomic mass is 10.1. The summed E-state index contributed by atoms with van der Waals surface area (Å²) in [5, 5.41) is 26.7. The van der Waals surface area contributed by atoms with E-state index in [4.69, 9.17) is 5.11 Å². The van der Waals surface area contributed by atoms with Crippen molar-refractivity contribution < 1.29 is 14.8 Å². The zero-order chi connectivity index (χ0) is 16.3. The Labute approximate surface area is 126 Å². The summed E-state index contributed by atoms with van der Waals surface area (Å²) in [5.74, 6) is -1.47.